The summed E-state index contributed by atoms with van der Waals surface area (Å²) in [6.07, 6.45) is 0.192. The van der Waals surface area contributed by atoms with E-state index in [1.165, 1.54) is 0 Å². The van der Waals surface area contributed by atoms with Gasteiger partial charge in [0.1, 0.15) is 5.75 Å². The van der Waals surface area contributed by atoms with Gasteiger partial charge in [-0.2, -0.15) is 0 Å². The molecule has 17 heavy (non-hydrogen) atoms. The summed E-state index contributed by atoms with van der Waals surface area (Å²) >= 11 is 5.16. The zero-order valence-corrected chi connectivity index (χ0v) is 11.6. The highest BCUT2D eigenvalue weighted by molar-refractivity contribution is 7.80. The van der Waals surface area contributed by atoms with Gasteiger partial charge in [-0.05, 0) is 64.2 Å². The van der Waals surface area contributed by atoms with Gasteiger partial charge in [-0.3, -0.25) is 0 Å². The standard InChI is InChI=1S/C13H20N2OS/c1-9(2)14-13(17)15-11-5-7-12(8-6-11)16-10(3)4/h5-10H,1-4H3,(H2,14,15,17). The lowest BCUT2D eigenvalue weighted by atomic mass is 10.3. The second kappa shape index (κ2) is 6.45. The van der Waals surface area contributed by atoms with Crippen LogP contribution in [0.25, 0.3) is 0 Å². The first kappa shape index (κ1) is 13.8. The Bertz CT molecular complexity index is 360. The van der Waals surface area contributed by atoms with Crippen LogP contribution < -0.4 is 15.4 Å². The fraction of sp³-hybridized carbons (Fsp3) is 0.462. The quantitative estimate of drug-likeness (QED) is 0.806. The SMILES string of the molecule is CC(C)NC(=S)Nc1ccc(OC(C)C)cc1. The second-order valence-electron chi connectivity index (χ2n) is 4.44. The molecule has 0 radical (unpaired) electrons. The van der Waals surface area contributed by atoms with Crippen molar-refractivity contribution in [3.8, 4) is 5.75 Å². The predicted molar refractivity (Wildman–Crippen MR) is 76.7 cm³/mol. The molecule has 1 aromatic carbocycles. The van der Waals surface area contributed by atoms with Crippen LogP contribution >= 0.6 is 12.2 Å². The maximum absolute atomic E-state index is 5.56. The lowest BCUT2D eigenvalue weighted by Gasteiger charge is -2.14. The third-order valence-corrected chi connectivity index (χ3v) is 2.12. The largest absolute Gasteiger partial charge is 0.491 e. The minimum Gasteiger partial charge on any atom is -0.491 e. The van der Waals surface area contributed by atoms with E-state index in [4.69, 9.17) is 17.0 Å². The highest BCUT2D eigenvalue weighted by Crippen LogP contribution is 2.16. The molecule has 0 saturated carbocycles. The van der Waals surface area contributed by atoms with Crippen molar-refractivity contribution in [1.82, 2.24) is 5.32 Å². The van der Waals surface area contributed by atoms with Gasteiger partial charge in [0.15, 0.2) is 5.11 Å². The summed E-state index contributed by atoms with van der Waals surface area (Å²) < 4.78 is 5.56. The van der Waals surface area contributed by atoms with Crippen LogP contribution in [-0.4, -0.2) is 17.3 Å². The summed E-state index contributed by atoms with van der Waals surface area (Å²) in [4.78, 5) is 0. The van der Waals surface area contributed by atoms with Gasteiger partial charge >= 0.3 is 0 Å². The van der Waals surface area contributed by atoms with Gasteiger partial charge in [0, 0.05) is 11.7 Å². The fourth-order valence-electron chi connectivity index (χ4n) is 1.32. The Morgan fingerprint density at radius 2 is 1.71 bits per heavy atom. The maximum atomic E-state index is 5.56. The fourth-order valence-corrected chi connectivity index (χ4v) is 1.67. The molecular weight excluding hydrogens is 232 g/mol. The normalized spacial score (nSPS) is 10.5. The van der Waals surface area contributed by atoms with Crippen LogP contribution in [0.2, 0.25) is 0 Å². The summed E-state index contributed by atoms with van der Waals surface area (Å²) in [5.74, 6) is 0.869. The van der Waals surface area contributed by atoms with E-state index in [1.54, 1.807) is 0 Å². The highest BCUT2D eigenvalue weighted by atomic mass is 32.1. The topological polar surface area (TPSA) is 33.3 Å². The molecule has 0 aromatic heterocycles. The van der Waals surface area contributed by atoms with Crippen LogP contribution in [0.15, 0.2) is 24.3 Å². The third kappa shape index (κ3) is 5.54. The Hall–Kier alpha value is -1.29. The first-order chi connectivity index (χ1) is 7.97. The van der Waals surface area contributed by atoms with Gasteiger partial charge in [0.2, 0.25) is 0 Å². The summed E-state index contributed by atoms with van der Waals surface area (Å²) in [6.45, 7) is 8.11. The molecule has 4 heteroatoms. The smallest absolute Gasteiger partial charge is 0.170 e. The Balaban J connectivity index is 2.53. The third-order valence-electron chi connectivity index (χ3n) is 1.90. The zero-order chi connectivity index (χ0) is 12.8. The Morgan fingerprint density at radius 3 is 2.18 bits per heavy atom. The molecule has 0 unspecified atom stereocenters. The molecular formula is C13H20N2OS. The average Bonchev–Trinajstić information content (AvgIpc) is 2.18. The summed E-state index contributed by atoms with van der Waals surface area (Å²) in [7, 11) is 0. The molecule has 0 aliphatic heterocycles. The van der Waals surface area contributed by atoms with Crippen LogP contribution in [0.5, 0.6) is 5.75 Å². The van der Waals surface area contributed by atoms with Crippen molar-refractivity contribution in [2.75, 3.05) is 5.32 Å². The van der Waals surface area contributed by atoms with E-state index < -0.39 is 0 Å². The van der Waals surface area contributed by atoms with Crippen molar-refractivity contribution in [3.63, 3.8) is 0 Å². The molecule has 0 bridgehead atoms. The number of hydrogen-bond donors (Lipinski definition) is 2. The highest BCUT2D eigenvalue weighted by Gasteiger charge is 2.01. The Kier molecular flexibility index (Phi) is 5.22. The lowest BCUT2D eigenvalue weighted by Crippen LogP contribution is -2.33. The maximum Gasteiger partial charge on any atom is 0.170 e. The van der Waals surface area contributed by atoms with Crippen molar-refractivity contribution in [2.24, 2.45) is 0 Å². The minimum absolute atomic E-state index is 0.192. The average molecular weight is 252 g/mol. The van der Waals surface area contributed by atoms with Crippen LogP contribution in [0.1, 0.15) is 27.7 Å². The molecule has 0 fully saturated rings. The Morgan fingerprint density at radius 1 is 1.12 bits per heavy atom. The van der Waals surface area contributed by atoms with Crippen molar-refractivity contribution in [2.45, 2.75) is 39.8 Å². The molecule has 0 saturated heterocycles. The summed E-state index contributed by atoms with van der Waals surface area (Å²) in [5.41, 5.74) is 0.958. The van der Waals surface area contributed by atoms with Gasteiger partial charge in [0.25, 0.3) is 0 Å². The molecule has 0 aliphatic carbocycles. The van der Waals surface area contributed by atoms with E-state index in [9.17, 15) is 0 Å². The monoisotopic (exact) mass is 252 g/mol. The first-order valence-corrected chi connectivity index (χ1v) is 6.22. The molecule has 0 aliphatic rings. The van der Waals surface area contributed by atoms with Crippen LogP contribution in [0, 0.1) is 0 Å². The molecule has 0 atom stereocenters. The lowest BCUT2D eigenvalue weighted by molar-refractivity contribution is 0.242. The summed E-state index contributed by atoms with van der Waals surface area (Å²) in [6, 6.07) is 8.09. The van der Waals surface area contributed by atoms with Crippen molar-refractivity contribution in [3.05, 3.63) is 24.3 Å². The predicted octanol–water partition coefficient (Wildman–Crippen LogP) is 3.17. The second-order valence-corrected chi connectivity index (χ2v) is 4.85. The molecule has 0 amide bonds. The summed E-state index contributed by atoms with van der Waals surface area (Å²) in [5, 5.41) is 6.88. The number of thiocarbonyl (C=S) groups is 1. The van der Waals surface area contributed by atoms with Gasteiger partial charge in [-0.15, -0.1) is 0 Å². The Labute approximate surface area is 109 Å². The molecule has 0 spiro atoms. The van der Waals surface area contributed by atoms with Crippen LogP contribution in [0.3, 0.4) is 0 Å². The molecule has 1 aromatic rings. The minimum atomic E-state index is 0.192. The molecule has 3 nitrogen and oxygen atoms in total. The van der Waals surface area contributed by atoms with Crippen molar-refractivity contribution < 1.29 is 4.74 Å². The van der Waals surface area contributed by atoms with E-state index in [1.807, 2.05) is 52.0 Å². The zero-order valence-electron chi connectivity index (χ0n) is 10.8. The van der Waals surface area contributed by atoms with E-state index in [-0.39, 0.29) is 6.10 Å². The van der Waals surface area contributed by atoms with Gasteiger partial charge in [0.05, 0.1) is 6.10 Å². The number of ether oxygens (including phenoxy) is 1. The first-order valence-electron chi connectivity index (χ1n) is 5.81. The van der Waals surface area contributed by atoms with Crippen LogP contribution in [-0.2, 0) is 0 Å². The molecule has 0 heterocycles. The number of nitrogens with one attached hydrogen (secondary N) is 2. The van der Waals surface area contributed by atoms with E-state index in [0.29, 0.717) is 11.2 Å². The van der Waals surface area contributed by atoms with Gasteiger partial charge < -0.3 is 15.4 Å². The number of rotatable bonds is 4. The molecule has 94 valence electrons. The van der Waals surface area contributed by atoms with Crippen molar-refractivity contribution >= 4 is 23.0 Å². The van der Waals surface area contributed by atoms with Gasteiger partial charge in [-0.25, -0.2) is 0 Å². The number of benzene rings is 1. The number of hydrogen-bond acceptors (Lipinski definition) is 2. The van der Waals surface area contributed by atoms with E-state index in [0.717, 1.165) is 11.4 Å². The number of anilines is 1. The molecule has 1 rings (SSSR count). The van der Waals surface area contributed by atoms with E-state index in [2.05, 4.69) is 10.6 Å². The van der Waals surface area contributed by atoms with Gasteiger partial charge in [-0.1, -0.05) is 0 Å². The molecule has 2 N–H and O–H groups in total. The van der Waals surface area contributed by atoms with Crippen LogP contribution in [0.4, 0.5) is 5.69 Å². The van der Waals surface area contributed by atoms with Crippen molar-refractivity contribution in [1.29, 1.82) is 0 Å². The van der Waals surface area contributed by atoms with E-state index >= 15 is 0 Å².